The number of hydrogen-bond donors (Lipinski definition) is 1. The average Bonchev–Trinajstić information content (AvgIpc) is 3.36. The summed E-state index contributed by atoms with van der Waals surface area (Å²) < 4.78 is 16.9. The molecule has 1 aromatic heterocycles. The van der Waals surface area contributed by atoms with Crippen LogP contribution in [0, 0.1) is 0 Å². The van der Waals surface area contributed by atoms with Gasteiger partial charge in [-0.15, -0.1) is 0 Å². The van der Waals surface area contributed by atoms with Gasteiger partial charge in [-0.25, -0.2) is 4.90 Å². The number of nitrogens with zero attached hydrogens (tertiary/aromatic N) is 1. The predicted octanol–water partition coefficient (Wildman–Crippen LogP) is 4.69. The van der Waals surface area contributed by atoms with Gasteiger partial charge in [-0.05, 0) is 60.6 Å². The zero-order chi connectivity index (χ0) is 21.8. The van der Waals surface area contributed by atoms with E-state index in [0.29, 0.717) is 35.3 Å². The summed E-state index contributed by atoms with van der Waals surface area (Å²) >= 11 is 5.37. The number of aryl methyl sites for hydroxylation is 1. The summed E-state index contributed by atoms with van der Waals surface area (Å²) in [6.07, 6.45) is 2.62. The molecule has 1 fully saturated rings. The Balaban J connectivity index is 1.46. The number of anilines is 1. The first-order chi connectivity index (χ1) is 15.1. The molecule has 0 spiro atoms. The Bertz CT molecular complexity index is 1130. The molecule has 1 amide bonds. The van der Waals surface area contributed by atoms with Crippen LogP contribution in [0.25, 0.3) is 6.08 Å². The molecular formula is C24H22N2O4S. The molecule has 2 heterocycles. The lowest BCUT2D eigenvalue weighted by atomic mass is 10.2. The molecule has 4 rings (SSSR count). The SMILES string of the molecule is CCc1ccc(OCc2ccc(/C=C3/NC(=S)N(c4ccccc4OC)C3=O)o2)cc1. The van der Waals surface area contributed by atoms with Crippen molar-refractivity contribution >= 4 is 35.0 Å². The summed E-state index contributed by atoms with van der Waals surface area (Å²) in [7, 11) is 1.55. The maximum absolute atomic E-state index is 12.9. The second-order valence-corrected chi connectivity index (χ2v) is 7.28. The van der Waals surface area contributed by atoms with E-state index in [9.17, 15) is 4.79 Å². The van der Waals surface area contributed by atoms with Gasteiger partial charge < -0.3 is 19.2 Å². The number of hydrogen-bond acceptors (Lipinski definition) is 5. The van der Waals surface area contributed by atoms with Gasteiger partial charge in [0.1, 0.15) is 35.3 Å². The van der Waals surface area contributed by atoms with Gasteiger partial charge in [0, 0.05) is 6.08 Å². The van der Waals surface area contributed by atoms with Crippen molar-refractivity contribution in [1.29, 1.82) is 0 Å². The number of rotatable bonds is 7. The maximum atomic E-state index is 12.9. The van der Waals surface area contributed by atoms with Crippen molar-refractivity contribution in [3.05, 3.63) is 83.4 Å². The fraction of sp³-hybridized carbons (Fsp3) is 0.167. The monoisotopic (exact) mass is 434 g/mol. The molecule has 7 heteroatoms. The lowest BCUT2D eigenvalue weighted by Crippen LogP contribution is -2.30. The minimum atomic E-state index is -0.278. The Hall–Kier alpha value is -3.58. The van der Waals surface area contributed by atoms with E-state index in [-0.39, 0.29) is 11.0 Å². The number of carbonyl (C=O) groups excluding carboxylic acids is 1. The molecule has 31 heavy (non-hydrogen) atoms. The summed E-state index contributed by atoms with van der Waals surface area (Å²) in [4.78, 5) is 14.4. The highest BCUT2D eigenvalue weighted by Gasteiger charge is 2.33. The Morgan fingerprint density at radius 1 is 1.10 bits per heavy atom. The first-order valence-corrected chi connectivity index (χ1v) is 10.3. The molecule has 6 nitrogen and oxygen atoms in total. The van der Waals surface area contributed by atoms with Crippen molar-refractivity contribution in [3.8, 4) is 11.5 Å². The number of benzene rings is 2. The third-order valence-electron chi connectivity index (χ3n) is 4.89. The van der Waals surface area contributed by atoms with Gasteiger partial charge >= 0.3 is 0 Å². The quantitative estimate of drug-likeness (QED) is 0.430. The lowest BCUT2D eigenvalue weighted by molar-refractivity contribution is -0.113. The zero-order valence-electron chi connectivity index (χ0n) is 17.3. The van der Waals surface area contributed by atoms with Crippen LogP contribution < -0.4 is 19.7 Å². The molecule has 1 aliphatic heterocycles. The van der Waals surface area contributed by atoms with E-state index < -0.39 is 0 Å². The Kier molecular flexibility index (Phi) is 6.04. The van der Waals surface area contributed by atoms with Crippen LogP contribution in [0.3, 0.4) is 0 Å². The number of nitrogens with one attached hydrogen (secondary N) is 1. The second kappa shape index (κ2) is 9.06. The topological polar surface area (TPSA) is 63.9 Å². The molecule has 0 unspecified atom stereocenters. The first-order valence-electron chi connectivity index (χ1n) is 9.89. The Morgan fingerprint density at radius 3 is 2.61 bits per heavy atom. The molecule has 1 aliphatic rings. The minimum absolute atomic E-state index is 0.278. The highest BCUT2D eigenvalue weighted by Crippen LogP contribution is 2.31. The van der Waals surface area contributed by atoms with Crippen molar-refractivity contribution < 1.29 is 18.7 Å². The van der Waals surface area contributed by atoms with E-state index in [2.05, 4.69) is 12.2 Å². The van der Waals surface area contributed by atoms with Crippen molar-refractivity contribution in [1.82, 2.24) is 5.32 Å². The molecular weight excluding hydrogens is 412 g/mol. The molecule has 1 N–H and O–H groups in total. The minimum Gasteiger partial charge on any atom is -0.495 e. The molecule has 0 radical (unpaired) electrons. The smallest absolute Gasteiger partial charge is 0.281 e. The van der Waals surface area contributed by atoms with Gasteiger partial charge in [0.05, 0.1) is 12.8 Å². The highest BCUT2D eigenvalue weighted by atomic mass is 32.1. The van der Waals surface area contributed by atoms with E-state index in [4.69, 9.17) is 26.1 Å². The highest BCUT2D eigenvalue weighted by molar-refractivity contribution is 7.80. The number of amides is 1. The van der Waals surface area contributed by atoms with Crippen LogP contribution >= 0.6 is 12.2 Å². The third kappa shape index (κ3) is 4.46. The molecule has 0 aliphatic carbocycles. The van der Waals surface area contributed by atoms with Gasteiger partial charge in [0.25, 0.3) is 5.91 Å². The van der Waals surface area contributed by atoms with Crippen molar-refractivity contribution in [2.24, 2.45) is 0 Å². The second-order valence-electron chi connectivity index (χ2n) is 6.89. The van der Waals surface area contributed by atoms with Crippen molar-refractivity contribution in [2.45, 2.75) is 20.0 Å². The van der Waals surface area contributed by atoms with E-state index in [1.165, 1.54) is 10.5 Å². The molecule has 1 saturated heterocycles. The summed E-state index contributed by atoms with van der Waals surface area (Å²) in [5, 5.41) is 3.24. The molecule has 0 bridgehead atoms. The third-order valence-corrected chi connectivity index (χ3v) is 5.17. The van der Waals surface area contributed by atoms with Crippen LogP contribution in [-0.2, 0) is 17.8 Å². The Morgan fingerprint density at radius 2 is 1.87 bits per heavy atom. The first kappa shape index (κ1) is 20.7. The number of para-hydroxylation sites is 2. The van der Waals surface area contributed by atoms with E-state index in [1.54, 1.807) is 31.4 Å². The largest absolute Gasteiger partial charge is 0.495 e. The van der Waals surface area contributed by atoms with Gasteiger partial charge in [-0.2, -0.15) is 0 Å². The van der Waals surface area contributed by atoms with Gasteiger partial charge in [0.15, 0.2) is 5.11 Å². The number of methoxy groups -OCH3 is 1. The van der Waals surface area contributed by atoms with Crippen LogP contribution in [0.2, 0.25) is 0 Å². The number of ether oxygens (including phenoxy) is 2. The average molecular weight is 435 g/mol. The Labute approximate surface area is 186 Å². The van der Waals surface area contributed by atoms with Gasteiger partial charge in [0.2, 0.25) is 0 Å². The van der Waals surface area contributed by atoms with Gasteiger partial charge in [-0.1, -0.05) is 31.2 Å². The summed E-state index contributed by atoms with van der Waals surface area (Å²) in [6.45, 7) is 2.41. The van der Waals surface area contributed by atoms with Crippen molar-refractivity contribution in [2.75, 3.05) is 12.0 Å². The molecule has 2 aromatic carbocycles. The normalized spacial score (nSPS) is 14.8. The van der Waals surface area contributed by atoms with E-state index in [0.717, 1.165) is 12.2 Å². The fourth-order valence-corrected chi connectivity index (χ4v) is 3.53. The van der Waals surface area contributed by atoms with Crippen LogP contribution in [0.4, 0.5) is 5.69 Å². The van der Waals surface area contributed by atoms with Crippen LogP contribution in [0.1, 0.15) is 24.0 Å². The van der Waals surface area contributed by atoms with Crippen LogP contribution in [0.5, 0.6) is 11.5 Å². The summed E-state index contributed by atoms with van der Waals surface area (Å²) in [6, 6.07) is 18.8. The van der Waals surface area contributed by atoms with Crippen LogP contribution in [-0.4, -0.2) is 18.1 Å². The number of furan rings is 1. The maximum Gasteiger partial charge on any atom is 0.281 e. The fourth-order valence-electron chi connectivity index (χ4n) is 3.24. The standard InChI is InChI=1S/C24H22N2O4S/c1-3-16-8-10-17(11-9-16)29-15-19-13-12-18(30-19)14-20-23(27)26(24(31)25-20)21-6-4-5-7-22(21)28-2/h4-14H,3,15H2,1-2H3,(H,25,31)/b20-14+. The van der Waals surface area contributed by atoms with E-state index >= 15 is 0 Å². The number of carbonyl (C=O) groups is 1. The zero-order valence-corrected chi connectivity index (χ0v) is 18.1. The lowest BCUT2D eigenvalue weighted by Gasteiger charge is -2.17. The molecule has 0 atom stereocenters. The molecule has 158 valence electrons. The summed E-state index contributed by atoms with van der Waals surface area (Å²) in [5.74, 6) is 2.24. The number of thiocarbonyl (C=S) groups is 1. The predicted molar refractivity (Wildman–Crippen MR) is 123 cm³/mol. The molecule has 3 aromatic rings. The van der Waals surface area contributed by atoms with Crippen molar-refractivity contribution in [3.63, 3.8) is 0 Å². The van der Waals surface area contributed by atoms with E-state index in [1.807, 2.05) is 42.5 Å². The summed E-state index contributed by atoms with van der Waals surface area (Å²) in [5.41, 5.74) is 2.17. The van der Waals surface area contributed by atoms with Crippen LogP contribution in [0.15, 0.2) is 70.8 Å². The van der Waals surface area contributed by atoms with Gasteiger partial charge in [-0.3, -0.25) is 4.79 Å². The molecule has 0 saturated carbocycles.